The summed E-state index contributed by atoms with van der Waals surface area (Å²) in [6, 6.07) is 0. The van der Waals surface area contributed by atoms with Gasteiger partial charge in [0.1, 0.15) is 0 Å². The molecule has 4 heteroatoms. The molecule has 2 rings (SSSR count). The molecule has 0 saturated heterocycles. The van der Waals surface area contributed by atoms with Crippen molar-refractivity contribution < 1.29 is 4.79 Å². The first-order valence-corrected chi connectivity index (χ1v) is 7.85. The van der Waals surface area contributed by atoms with Gasteiger partial charge in [0.15, 0.2) is 5.78 Å². The molecule has 1 aromatic rings. The van der Waals surface area contributed by atoms with E-state index in [9.17, 15) is 4.79 Å². The van der Waals surface area contributed by atoms with Crippen molar-refractivity contribution in [3.63, 3.8) is 0 Å². The lowest BCUT2D eigenvalue weighted by atomic mass is 9.82. The van der Waals surface area contributed by atoms with Gasteiger partial charge in [-0.1, -0.05) is 32.6 Å². The number of ketones is 1. The summed E-state index contributed by atoms with van der Waals surface area (Å²) < 4.78 is 1.88. The van der Waals surface area contributed by atoms with Crippen molar-refractivity contribution in [2.24, 2.45) is 0 Å². The number of aromatic nitrogens is 2. The number of hydrogen-bond donors (Lipinski definition) is 0. The SMILES string of the molecule is CCCn1cc(C(=O)C2(N(C)C)CCCCCC2)cn1. The fourth-order valence-corrected chi connectivity index (χ4v) is 3.29. The normalized spacial score (nSPS) is 19.0. The molecular formula is C16H27N3O. The molecule has 0 radical (unpaired) electrons. The average Bonchev–Trinajstić information content (AvgIpc) is 2.74. The number of hydrogen-bond acceptors (Lipinski definition) is 3. The van der Waals surface area contributed by atoms with Gasteiger partial charge in [-0.05, 0) is 33.4 Å². The Balaban J connectivity index is 2.25. The monoisotopic (exact) mass is 277 g/mol. The number of rotatable bonds is 5. The average molecular weight is 277 g/mol. The van der Waals surface area contributed by atoms with Crippen LogP contribution in [0.25, 0.3) is 0 Å². The predicted molar refractivity (Wildman–Crippen MR) is 81.0 cm³/mol. The van der Waals surface area contributed by atoms with Crippen LogP contribution >= 0.6 is 0 Å². The molecule has 0 amide bonds. The zero-order chi connectivity index (χ0) is 14.6. The fraction of sp³-hybridized carbons (Fsp3) is 0.750. The summed E-state index contributed by atoms with van der Waals surface area (Å²) in [5.41, 5.74) is 0.449. The Labute approximate surface area is 122 Å². The molecule has 1 fully saturated rings. The van der Waals surface area contributed by atoms with Crippen LogP contribution in [0.2, 0.25) is 0 Å². The summed E-state index contributed by atoms with van der Waals surface area (Å²) >= 11 is 0. The van der Waals surface area contributed by atoms with Gasteiger partial charge in [-0.15, -0.1) is 0 Å². The van der Waals surface area contributed by atoms with Gasteiger partial charge in [0.05, 0.1) is 17.3 Å². The van der Waals surface area contributed by atoms with E-state index in [2.05, 4.69) is 16.9 Å². The molecule has 0 bridgehead atoms. The molecule has 20 heavy (non-hydrogen) atoms. The minimum absolute atomic E-state index is 0.256. The maximum absolute atomic E-state index is 13.0. The van der Waals surface area contributed by atoms with E-state index < -0.39 is 0 Å². The second-order valence-electron chi connectivity index (χ2n) is 6.16. The van der Waals surface area contributed by atoms with E-state index in [4.69, 9.17) is 0 Å². The third kappa shape index (κ3) is 2.95. The van der Waals surface area contributed by atoms with E-state index in [1.54, 1.807) is 6.20 Å². The molecule has 0 aliphatic heterocycles. The summed E-state index contributed by atoms with van der Waals surface area (Å²) in [6.45, 7) is 3.00. The van der Waals surface area contributed by atoms with Crippen molar-refractivity contribution >= 4 is 5.78 Å². The summed E-state index contributed by atoms with van der Waals surface area (Å²) in [6.07, 6.45) is 11.4. The standard InChI is InChI=1S/C16H27N3O/c1-4-11-19-13-14(12-17-19)15(20)16(18(2)3)9-7-5-6-8-10-16/h12-13H,4-11H2,1-3H3. The molecule has 0 N–H and O–H groups in total. The smallest absolute Gasteiger partial charge is 0.186 e. The molecule has 1 saturated carbocycles. The molecule has 1 aliphatic carbocycles. The first kappa shape index (κ1) is 15.2. The molecule has 112 valence electrons. The van der Waals surface area contributed by atoms with Crippen LogP contribution in [0.1, 0.15) is 62.2 Å². The first-order chi connectivity index (χ1) is 9.60. The van der Waals surface area contributed by atoms with Crippen LogP contribution in [0.15, 0.2) is 12.4 Å². The van der Waals surface area contributed by atoms with E-state index in [0.717, 1.165) is 44.2 Å². The van der Waals surface area contributed by atoms with Gasteiger partial charge in [-0.3, -0.25) is 14.4 Å². The topological polar surface area (TPSA) is 38.1 Å². The minimum Gasteiger partial charge on any atom is -0.297 e. The second-order valence-corrected chi connectivity index (χ2v) is 6.16. The van der Waals surface area contributed by atoms with Gasteiger partial charge in [-0.25, -0.2) is 0 Å². The molecule has 1 aliphatic rings. The predicted octanol–water partition coefficient (Wildman–Crippen LogP) is 3.13. The Morgan fingerprint density at radius 3 is 2.50 bits per heavy atom. The molecule has 0 unspecified atom stereocenters. The number of carbonyl (C=O) groups is 1. The van der Waals surface area contributed by atoms with Gasteiger partial charge >= 0.3 is 0 Å². The largest absolute Gasteiger partial charge is 0.297 e. The highest BCUT2D eigenvalue weighted by Crippen LogP contribution is 2.34. The molecule has 0 spiro atoms. The van der Waals surface area contributed by atoms with Gasteiger partial charge in [0.2, 0.25) is 0 Å². The lowest BCUT2D eigenvalue weighted by Gasteiger charge is -2.37. The van der Waals surface area contributed by atoms with Crippen molar-refractivity contribution in [1.29, 1.82) is 0 Å². The van der Waals surface area contributed by atoms with Crippen molar-refractivity contribution in [2.45, 2.75) is 64.0 Å². The van der Waals surface area contributed by atoms with E-state index in [1.165, 1.54) is 12.8 Å². The van der Waals surface area contributed by atoms with E-state index in [-0.39, 0.29) is 11.3 Å². The highest BCUT2D eigenvalue weighted by Gasteiger charge is 2.41. The summed E-state index contributed by atoms with van der Waals surface area (Å²) in [4.78, 5) is 15.2. The van der Waals surface area contributed by atoms with Gasteiger partial charge in [-0.2, -0.15) is 5.10 Å². The number of nitrogens with zero attached hydrogens (tertiary/aromatic N) is 3. The Bertz CT molecular complexity index is 442. The Kier molecular flexibility index (Phi) is 4.97. The van der Waals surface area contributed by atoms with Gasteiger partial charge in [0.25, 0.3) is 0 Å². The van der Waals surface area contributed by atoms with E-state index in [1.807, 2.05) is 25.0 Å². The van der Waals surface area contributed by atoms with Crippen LogP contribution in [0.4, 0.5) is 0 Å². The maximum Gasteiger partial charge on any atom is 0.186 e. The molecule has 1 aromatic heterocycles. The third-order valence-corrected chi connectivity index (χ3v) is 4.56. The number of carbonyl (C=O) groups excluding carboxylic acids is 1. The lowest BCUT2D eigenvalue weighted by Crippen LogP contribution is -2.50. The highest BCUT2D eigenvalue weighted by molar-refractivity contribution is 6.02. The zero-order valence-electron chi connectivity index (χ0n) is 13.1. The fourth-order valence-electron chi connectivity index (χ4n) is 3.29. The van der Waals surface area contributed by atoms with Gasteiger partial charge < -0.3 is 0 Å². The van der Waals surface area contributed by atoms with Crippen LogP contribution in [0, 0.1) is 0 Å². The van der Waals surface area contributed by atoms with Crippen molar-refractivity contribution in [3.8, 4) is 0 Å². The molecule has 0 atom stereocenters. The number of aryl methyl sites for hydroxylation is 1. The molecular weight excluding hydrogens is 250 g/mol. The Hall–Kier alpha value is -1.16. The third-order valence-electron chi connectivity index (χ3n) is 4.56. The Morgan fingerprint density at radius 1 is 1.30 bits per heavy atom. The maximum atomic E-state index is 13.0. The summed E-state index contributed by atoms with van der Waals surface area (Å²) in [5.74, 6) is 0.256. The number of Topliss-reactive ketones (excluding diaryl/α,β-unsaturated/α-hetero) is 1. The van der Waals surface area contributed by atoms with Crippen LogP contribution in [0.5, 0.6) is 0 Å². The van der Waals surface area contributed by atoms with Crippen molar-refractivity contribution in [3.05, 3.63) is 18.0 Å². The van der Waals surface area contributed by atoms with Crippen molar-refractivity contribution in [1.82, 2.24) is 14.7 Å². The Morgan fingerprint density at radius 2 is 1.95 bits per heavy atom. The molecule has 4 nitrogen and oxygen atoms in total. The quantitative estimate of drug-likeness (QED) is 0.613. The zero-order valence-corrected chi connectivity index (χ0v) is 13.1. The van der Waals surface area contributed by atoms with Gasteiger partial charge in [0, 0.05) is 12.7 Å². The number of likely N-dealkylation sites (N-methyl/N-ethyl adjacent to an activating group) is 1. The molecule has 0 aromatic carbocycles. The van der Waals surface area contributed by atoms with Crippen LogP contribution in [-0.2, 0) is 6.54 Å². The van der Waals surface area contributed by atoms with E-state index >= 15 is 0 Å². The minimum atomic E-state index is -0.323. The highest BCUT2D eigenvalue weighted by atomic mass is 16.1. The molecule has 1 heterocycles. The van der Waals surface area contributed by atoms with Crippen molar-refractivity contribution in [2.75, 3.05) is 14.1 Å². The summed E-state index contributed by atoms with van der Waals surface area (Å²) in [5, 5.41) is 4.31. The summed E-state index contributed by atoms with van der Waals surface area (Å²) in [7, 11) is 4.08. The van der Waals surface area contributed by atoms with Crippen LogP contribution < -0.4 is 0 Å². The second kappa shape index (κ2) is 6.53. The first-order valence-electron chi connectivity index (χ1n) is 7.85. The lowest BCUT2D eigenvalue weighted by molar-refractivity contribution is 0.0635. The van der Waals surface area contributed by atoms with Crippen LogP contribution in [-0.4, -0.2) is 40.1 Å². The van der Waals surface area contributed by atoms with Crippen LogP contribution in [0.3, 0.4) is 0 Å². The van der Waals surface area contributed by atoms with E-state index in [0.29, 0.717) is 0 Å².